The Morgan fingerprint density at radius 1 is 0.894 bits per heavy atom. The van der Waals surface area contributed by atoms with Crippen molar-refractivity contribution in [2.45, 2.75) is 39.7 Å². The number of aromatic nitrogens is 5. The maximum Gasteiger partial charge on any atom is 0.185 e. The van der Waals surface area contributed by atoms with Gasteiger partial charge in [0.2, 0.25) is 0 Å². The Morgan fingerprint density at radius 3 is 2.26 bits per heavy atom. The number of aromatic amines is 1. The highest BCUT2D eigenvalue weighted by Crippen LogP contribution is 2.41. The molecule has 20 radical (unpaired) electrons. The number of anilines is 1. The fourth-order valence-electron chi connectivity index (χ4n) is 6.41. The Kier molecular flexibility index (Phi) is 7.58. The topological polar surface area (TPSA) is 95.8 Å². The second-order valence-electron chi connectivity index (χ2n) is 12.5. The van der Waals surface area contributed by atoms with Crippen LogP contribution in [-0.2, 0) is 4.74 Å². The first-order valence-corrected chi connectivity index (χ1v) is 14.8. The number of hydrogen-bond acceptors (Lipinski definition) is 8. The van der Waals surface area contributed by atoms with Crippen molar-refractivity contribution in [3.05, 3.63) is 60.4 Å². The molecule has 10 nitrogen and oxygen atoms in total. The van der Waals surface area contributed by atoms with Crippen LogP contribution in [0.2, 0.25) is 5.11 Å². The minimum absolute atomic E-state index is 0.125. The Morgan fingerprint density at radius 2 is 1.64 bits per heavy atom. The summed E-state index contributed by atoms with van der Waals surface area (Å²) in [5.41, 5.74) is 3.64. The first-order valence-electron chi connectivity index (χ1n) is 14.8. The van der Waals surface area contributed by atoms with Crippen LogP contribution in [0.5, 0.6) is 5.75 Å². The van der Waals surface area contributed by atoms with E-state index in [9.17, 15) is 0 Å². The molecule has 3 fully saturated rings. The average Bonchev–Trinajstić information content (AvgIpc) is 3.57. The number of rotatable bonds is 9. The molecule has 8 rings (SSSR count). The highest BCUT2D eigenvalue weighted by atomic mass is 16.5. The molecular weight excluding hydrogens is 576 g/mol. The van der Waals surface area contributed by atoms with Gasteiger partial charge < -0.3 is 24.6 Å². The zero-order valence-electron chi connectivity index (χ0n) is 25.4. The van der Waals surface area contributed by atoms with Crippen LogP contribution in [0.1, 0.15) is 6.42 Å². The molecule has 0 saturated carbocycles. The van der Waals surface area contributed by atoms with Gasteiger partial charge in [-0.05, 0) is 46.9 Å². The first kappa shape index (κ1) is 32.2. The van der Waals surface area contributed by atoms with Crippen LogP contribution in [0.4, 0.5) is 5.82 Å². The average molecular weight is 597 g/mol. The molecule has 0 aromatic carbocycles. The van der Waals surface area contributed by atoms with Crippen molar-refractivity contribution in [1.29, 1.82) is 0 Å². The summed E-state index contributed by atoms with van der Waals surface area (Å²) < 4.78 is 12.7. The number of fused-ring (bicyclic) bond motifs is 5. The number of hydrogen-bond donors (Lipinski definition) is 2. The largest absolute Gasteiger partial charge is 0.507 e. The molecule has 4 aromatic rings. The summed E-state index contributed by atoms with van der Waals surface area (Å²) in [5, 5.41) is 8.32. The summed E-state index contributed by atoms with van der Waals surface area (Å²) in [5.74, 6) is 1.38. The van der Waals surface area contributed by atoms with Crippen LogP contribution in [0, 0.1) is 0 Å². The van der Waals surface area contributed by atoms with Gasteiger partial charge in [-0.15, -0.1) is 10.2 Å². The molecule has 20 heteroatoms. The van der Waals surface area contributed by atoms with Gasteiger partial charge in [0, 0.05) is 54.4 Å². The fraction of sp³-hybridized carbons (Fsp3) is 0.370. The fourth-order valence-corrected chi connectivity index (χ4v) is 6.41. The molecule has 2 bridgehead atoms. The Balaban J connectivity index is 1.11. The summed E-state index contributed by atoms with van der Waals surface area (Å²) >= 11 is 0. The van der Waals surface area contributed by atoms with E-state index in [0.29, 0.717) is 31.2 Å². The molecule has 2 unspecified atom stereocenters. The maximum absolute atomic E-state index is 6.73. The van der Waals surface area contributed by atoms with E-state index in [1.165, 1.54) is 0 Å². The van der Waals surface area contributed by atoms with Crippen LogP contribution in [-0.4, -0.2) is 156 Å². The van der Waals surface area contributed by atoms with Crippen molar-refractivity contribution in [2.24, 2.45) is 0 Å². The van der Waals surface area contributed by atoms with Crippen molar-refractivity contribution in [3.63, 3.8) is 0 Å². The van der Waals surface area contributed by atoms with Crippen molar-refractivity contribution < 1.29 is 9.47 Å². The van der Waals surface area contributed by atoms with E-state index >= 15 is 0 Å². The van der Waals surface area contributed by atoms with Gasteiger partial charge in [0.1, 0.15) is 50.8 Å². The predicted molar refractivity (Wildman–Crippen MR) is 189 cm³/mol. The number of allylic oxidation sites excluding steroid dienone is 2. The standard InChI is InChI=1S/C27H20B10N8O2/c28-24(29,14-2-4-21(39-8-14)47-27(35,36)37)45-15-5-16(45)11-43(10-15)20-3-1-13(7-38-20)18-6-17(46-26(33,34)25(30,31)32)12-44-22(18)19-9-40-41-23(19)42-44/h1-4,6-7,9,12,15-16,39H,5,8,10-11H2,(H,41,42). The molecule has 4 aromatic heterocycles. The number of H-pyrrole nitrogens is 1. The van der Waals surface area contributed by atoms with Gasteiger partial charge in [-0.25, -0.2) is 9.50 Å². The van der Waals surface area contributed by atoms with E-state index in [1.54, 1.807) is 41.3 Å². The van der Waals surface area contributed by atoms with Crippen LogP contribution in [0.15, 0.2) is 60.4 Å². The van der Waals surface area contributed by atoms with Gasteiger partial charge >= 0.3 is 0 Å². The van der Waals surface area contributed by atoms with Crippen molar-refractivity contribution in [2.75, 3.05) is 24.5 Å². The van der Waals surface area contributed by atoms with Crippen LogP contribution >= 0.6 is 0 Å². The molecule has 4 aliphatic heterocycles. The lowest BCUT2D eigenvalue weighted by Crippen LogP contribution is -2.76. The lowest BCUT2D eigenvalue weighted by atomic mass is 9.28. The zero-order chi connectivity index (χ0) is 33.5. The minimum atomic E-state index is -2.09. The third kappa shape index (κ3) is 5.85. The zero-order valence-corrected chi connectivity index (χ0v) is 25.4. The number of piperidine rings is 1. The number of dihydropyridines is 1. The summed E-state index contributed by atoms with van der Waals surface area (Å²) in [7, 11) is 59.3. The number of piperazine rings is 1. The van der Waals surface area contributed by atoms with Gasteiger partial charge in [0.15, 0.2) is 11.5 Å². The van der Waals surface area contributed by atoms with E-state index < -0.39 is 21.1 Å². The van der Waals surface area contributed by atoms with E-state index in [0.717, 1.165) is 39.8 Å². The van der Waals surface area contributed by atoms with Gasteiger partial charge in [-0.3, -0.25) is 5.10 Å². The molecular formula is C27H20B10N8O2. The molecule has 0 aliphatic carbocycles. The SMILES string of the molecule is [B]C([B])([B])OC1=CC=C(C([B])([B])N2C3CC2CN(c2ccc(-c4cc(OC([B])([B])C([B])([B])[B])cn5nc6[nH]ncc6c45)cn2)C3)CN1. The summed E-state index contributed by atoms with van der Waals surface area (Å²) in [4.78, 5) is 9.19. The van der Waals surface area contributed by atoms with Crippen LogP contribution in [0.25, 0.3) is 27.7 Å². The third-order valence-corrected chi connectivity index (χ3v) is 8.76. The molecule has 210 valence electrons. The first-order chi connectivity index (χ1) is 22.0. The number of pyridine rings is 2. The van der Waals surface area contributed by atoms with Crippen molar-refractivity contribution in [3.8, 4) is 16.9 Å². The van der Waals surface area contributed by atoms with E-state index in [4.69, 9.17) is 92.9 Å². The minimum Gasteiger partial charge on any atom is -0.507 e. The molecule has 8 heterocycles. The smallest absolute Gasteiger partial charge is 0.185 e. The molecule has 2 N–H and O–H groups in total. The number of ether oxygens (including phenoxy) is 2. The lowest BCUT2D eigenvalue weighted by Gasteiger charge is -2.63. The van der Waals surface area contributed by atoms with Gasteiger partial charge in [-0.1, -0.05) is 6.08 Å². The van der Waals surface area contributed by atoms with Crippen LogP contribution in [0.3, 0.4) is 0 Å². The molecule has 0 spiro atoms. The Labute approximate surface area is 286 Å². The van der Waals surface area contributed by atoms with Gasteiger partial charge in [0.05, 0.1) is 62.5 Å². The Bertz CT molecular complexity index is 1890. The summed E-state index contributed by atoms with van der Waals surface area (Å²) in [6.45, 7) is 1.74. The van der Waals surface area contributed by atoms with Gasteiger partial charge in [0.25, 0.3) is 0 Å². The van der Waals surface area contributed by atoms with Crippen molar-refractivity contribution >= 4 is 101 Å². The Hall–Kier alpha value is -3.40. The van der Waals surface area contributed by atoms with Crippen molar-refractivity contribution in [1.82, 2.24) is 35.0 Å². The molecule has 4 aliphatic rings. The molecule has 2 atom stereocenters. The van der Waals surface area contributed by atoms with E-state index in [1.807, 2.05) is 12.1 Å². The second kappa shape index (κ2) is 11.1. The summed E-state index contributed by atoms with van der Waals surface area (Å²) in [6, 6.07) is 5.92. The molecule has 0 amide bonds. The monoisotopic (exact) mass is 598 g/mol. The predicted octanol–water partition coefficient (Wildman–Crippen LogP) is -2.02. The summed E-state index contributed by atoms with van der Waals surface area (Å²) in [6.07, 6.45) is 9.50. The van der Waals surface area contributed by atoms with Crippen LogP contribution < -0.4 is 15.0 Å². The van der Waals surface area contributed by atoms with Gasteiger partial charge in [-0.2, -0.15) is 5.10 Å². The lowest BCUT2D eigenvalue weighted by molar-refractivity contribution is -0.0185. The highest BCUT2D eigenvalue weighted by Gasteiger charge is 2.51. The third-order valence-electron chi connectivity index (χ3n) is 8.76. The normalized spacial score (nSPS) is 20.7. The molecule has 3 saturated heterocycles. The number of nitrogens with one attached hydrogen (secondary N) is 2. The number of nitrogens with zero attached hydrogens (tertiary/aromatic N) is 6. The second-order valence-corrected chi connectivity index (χ2v) is 12.5. The highest BCUT2D eigenvalue weighted by molar-refractivity contribution is 6.67. The maximum atomic E-state index is 6.73. The molecule has 47 heavy (non-hydrogen) atoms. The van der Waals surface area contributed by atoms with E-state index in [-0.39, 0.29) is 17.8 Å². The quantitative estimate of drug-likeness (QED) is 0.214. The van der Waals surface area contributed by atoms with E-state index in [2.05, 4.69) is 30.4 Å².